The molecule has 1 aliphatic rings. The number of nitrogens with zero attached hydrogens (tertiary/aromatic N) is 1. The monoisotopic (exact) mass is 315 g/mol. The summed E-state index contributed by atoms with van der Waals surface area (Å²) >= 11 is 0. The van der Waals surface area contributed by atoms with E-state index in [4.69, 9.17) is 9.56 Å². The van der Waals surface area contributed by atoms with Crippen molar-refractivity contribution in [1.29, 1.82) is 0 Å². The number of primary sulfonamides is 1. The first-order chi connectivity index (χ1) is 9.88. The number of nitrogens with two attached hydrogens (primary N) is 1. The van der Waals surface area contributed by atoms with Gasteiger partial charge in [-0.1, -0.05) is 13.8 Å². The third-order valence-corrected chi connectivity index (χ3v) is 4.73. The minimum absolute atomic E-state index is 0.181. The Morgan fingerprint density at radius 2 is 2.00 bits per heavy atom. The van der Waals surface area contributed by atoms with Gasteiger partial charge in [0.2, 0.25) is 5.09 Å². The molecule has 0 amide bonds. The lowest BCUT2D eigenvalue weighted by molar-refractivity contribution is 0.185. The molecule has 6 nitrogen and oxygen atoms in total. The summed E-state index contributed by atoms with van der Waals surface area (Å²) in [4.78, 5) is 2.52. The Labute approximate surface area is 126 Å². The van der Waals surface area contributed by atoms with Crippen molar-refractivity contribution in [3.8, 4) is 0 Å². The Balaban J connectivity index is 1.86. The summed E-state index contributed by atoms with van der Waals surface area (Å²) in [5, 5.41) is 8.19. The number of likely N-dealkylation sites (tertiary alicyclic amines) is 1. The standard InChI is InChI=1S/C14H25N3O3S/c1-11(2)13(17-7-3-4-8-17)10-16-9-12-5-6-14(20-12)21(15,18)19/h5-6,11,13,16H,3-4,7-10H2,1-2H3,(H2,15,18,19). The van der Waals surface area contributed by atoms with E-state index in [1.165, 1.54) is 32.0 Å². The molecule has 21 heavy (non-hydrogen) atoms. The Morgan fingerprint density at radius 1 is 1.33 bits per heavy atom. The highest BCUT2D eigenvalue weighted by Crippen LogP contribution is 2.17. The second-order valence-corrected chi connectivity index (χ2v) is 7.44. The van der Waals surface area contributed by atoms with Gasteiger partial charge in [0.25, 0.3) is 10.0 Å². The van der Waals surface area contributed by atoms with E-state index in [1.54, 1.807) is 6.07 Å². The van der Waals surface area contributed by atoms with Crippen LogP contribution in [0.4, 0.5) is 0 Å². The summed E-state index contributed by atoms with van der Waals surface area (Å²) in [6.07, 6.45) is 2.55. The van der Waals surface area contributed by atoms with Crippen molar-refractivity contribution in [2.24, 2.45) is 11.1 Å². The molecule has 1 saturated heterocycles. The minimum atomic E-state index is -3.75. The first-order valence-corrected chi connectivity index (χ1v) is 8.99. The Hall–Kier alpha value is -0.890. The lowest BCUT2D eigenvalue weighted by Gasteiger charge is -2.31. The van der Waals surface area contributed by atoms with Gasteiger partial charge in [-0.25, -0.2) is 13.6 Å². The fourth-order valence-electron chi connectivity index (χ4n) is 2.81. The molecule has 1 aromatic rings. The second-order valence-electron chi connectivity index (χ2n) is 5.95. The van der Waals surface area contributed by atoms with Crippen molar-refractivity contribution in [3.63, 3.8) is 0 Å². The van der Waals surface area contributed by atoms with Crippen molar-refractivity contribution in [2.45, 2.75) is 44.4 Å². The topological polar surface area (TPSA) is 88.6 Å². The average Bonchev–Trinajstić information content (AvgIpc) is 3.04. The maximum absolute atomic E-state index is 11.1. The SMILES string of the molecule is CC(C)C(CNCc1ccc(S(N)(=O)=O)o1)N1CCCC1. The molecule has 1 unspecified atom stereocenters. The molecule has 0 saturated carbocycles. The molecule has 1 atom stereocenters. The van der Waals surface area contributed by atoms with Crippen LogP contribution in [0.1, 0.15) is 32.4 Å². The fraction of sp³-hybridized carbons (Fsp3) is 0.714. The van der Waals surface area contributed by atoms with Gasteiger partial charge in [-0.3, -0.25) is 4.90 Å². The Kier molecular flexibility index (Phi) is 5.43. The predicted octanol–water partition coefficient (Wildman–Crippen LogP) is 1.14. The molecule has 0 bridgehead atoms. The first kappa shape index (κ1) is 16.5. The lowest BCUT2D eigenvalue weighted by atomic mass is 10.0. The number of hydrogen-bond donors (Lipinski definition) is 2. The molecule has 0 aromatic carbocycles. The van der Waals surface area contributed by atoms with Crippen LogP contribution in [0, 0.1) is 5.92 Å². The fourth-order valence-corrected chi connectivity index (χ4v) is 3.29. The number of rotatable bonds is 7. The number of furan rings is 1. The van der Waals surface area contributed by atoms with E-state index in [9.17, 15) is 8.42 Å². The maximum atomic E-state index is 11.1. The summed E-state index contributed by atoms with van der Waals surface area (Å²) in [5.74, 6) is 1.16. The van der Waals surface area contributed by atoms with Crippen LogP contribution in [-0.4, -0.2) is 39.0 Å². The van der Waals surface area contributed by atoms with Crippen LogP contribution in [0.2, 0.25) is 0 Å². The highest BCUT2D eigenvalue weighted by Gasteiger charge is 2.24. The van der Waals surface area contributed by atoms with Crippen LogP contribution in [0.15, 0.2) is 21.6 Å². The van der Waals surface area contributed by atoms with Gasteiger partial charge in [0, 0.05) is 12.6 Å². The van der Waals surface area contributed by atoms with Crippen LogP contribution in [0.25, 0.3) is 0 Å². The highest BCUT2D eigenvalue weighted by molar-refractivity contribution is 7.89. The third-order valence-electron chi connectivity index (χ3n) is 3.95. The van der Waals surface area contributed by atoms with Gasteiger partial charge in [0.05, 0.1) is 6.54 Å². The smallest absolute Gasteiger partial charge is 0.271 e. The Morgan fingerprint density at radius 3 is 2.52 bits per heavy atom. The minimum Gasteiger partial charge on any atom is -0.447 e. The maximum Gasteiger partial charge on any atom is 0.271 e. The van der Waals surface area contributed by atoms with Gasteiger partial charge >= 0.3 is 0 Å². The van der Waals surface area contributed by atoms with E-state index in [2.05, 4.69) is 24.1 Å². The zero-order valence-corrected chi connectivity index (χ0v) is 13.5. The molecule has 7 heteroatoms. The molecule has 120 valence electrons. The van der Waals surface area contributed by atoms with Crippen LogP contribution >= 0.6 is 0 Å². The average molecular weight is 315 g/mol. The molecule has 0 radical (unpaired) electrons. The summed E-state index contributed by atoms with van der Waals surface area (Å²) < 4.78 is 27.5. The summed E-state index contributed by atoms with van der Waals surface area (Å²) in [6, 6.07) is 3.54. The highest BCUT2D eigenvalue weighted by atomic mass is 32.2. The van der Waals surface area contributed by atoms with Crippen molar-refractivity contribution in [3.05, 3.63) is 17.9 Å². The number of sulfonamides is 1. The van der Waals surface area contributed by atoms with Crippen molar-refractivity contribution in [2.75, 3.05) is 19.6 Å². The molecule has 0 aliphatic carbocycles. The molecule has 1 aliphatic heterocycles. The first-order valence-electron chi connectivity index (χ1n) is 7.44. The molecule has 1 fully saturated rings. The molecular formula is C14H25N3O3S. The van der Waals surface area contributed by atoms with E-state index < -0.39 is 10.0 Å². The molecule has 2 heterocycles. The largest absolute Gasteiger partial charge is 0.447 e. The lowest BCUT2D eigenvalue weighted by Crippen LogP contribution is -2.44. The van der Waals surface area contributed by atoms with Crippen molar-refractivity contribution in [1.82, 2.24) is 10.2 Å². The van der Waals surface area contributed by atoms with E-state index >= 15 is 0 Å². The molecule has 2 rings (SSSR count). The molecule has 1 aromatic heterocycles. The molecular weight excluding hydrogens is 290 g/mol. The van der Waals surface area contributed by atoms with Gasteiger partial charge in [-0.2, -0.15) is 0 Å². The molecule has 0 spiro atoms. The number of hydrogen-bond acceptors (Lipinski definition) is 5. The third kappa shape index (κ3) is 4.54. The van der Waals surface area contributed by atoms with E-state index in [1.807, 2.05) is 0 Å². The number of nitrogens with one attached hydrogen (secondary N) is 1. The quantitative estimate of drug-likeness (QED) is 0.787. The van der Waals surface area contributed by atoms with E-state index in [0.29, 0.717) is 24.3 Å². The van der Waals surface area contributed by atoms with Crippen LogP contribution in [0.3, 0.4) is 0 Å². The summed E-state index contributed by atoms with van der Waals surface area (Å²) in [5.41, 5.74) is 0. The van der Waals surface area contributed by atoms with Crippen molar-refractivity contribution < 1.29 is 12.8 Å². The molecule has 3 N–H and O–H groups in total. The van der Waals surface area contributed by atoms with Gasteiger partial charge in [-0.05, 0) is 44.0 Å². The second kappa shape index (κ2) is 6.91. The van der Waals surface area contributed by atoms with Gasteiger partial charge < -0.3 is 9.73 Å². The van der Waals surface area contributed by atoms with Crippen molar-refractivity contribution >= 4 is 10.0 Å². The zero-order valence-electron chi connectivity index (χ0n) is 12.7. The van der Waals surface area contributed by atoms with E-state index in [0.717, 1.165) is 6.54 Å². The van der Waals surface area contributed by atoms with E-state index in [-0.39, 0.29) is 5.09 Å². The Bertz CT molecular complexity index is 548. The zero-order chi connectivity index (χ0) is 15.5. The van der Waals surface area contributed by atoms with Crippen LogP contribution in [0.5, 0.6) is 0 Å². The van der Waals surface area contributed by atoms with Crippen LogP contribution in [-0.2, 0) is 16.6 Å². The summed E-state index contributed by atoms with van der Waals surface area (Å²) in [7, 11) is -3.75. The van der Waals surface area contributed by atoms with Gasteiger partial charge in [0.15, 0.2) is 0 Å². The summed E-state index contributed by atoms with van der Waals surface area (Å²) in [6.45, 7) is 8.17. The van der Waals surface area contributed by atoms with Gasteiger partial charge in [-0.15, -0.1) is 0 Å². The van der Waals surface area contributed by atoms with Gasteiger partial charge in [0.1, 0.15) is 5.76 Å². The van der Waals surface area contributed by atoms with Crippen LogP contribution < -0.4 is 10.5 Å². The normalized spacial score (nSPS) is 18.5. The predicted molar refractivity (Wildman–Crippen MR) is 81.2 cm³/mol.